The molecule has 0 amide bonds. The van der Waals surface area contributed by atoms with E-state index in [0.717, 1.165) is 35.8 Å². The van der Waals surface area contributed by atoms with E-state index in [9.17, 15) is 0 Å². The first-order valence-electron chi connectivity index (χ1n) is 7.39. The molecule has 1 N–H and O–H groups in total. The van der Waals surface area contributed by atoms with E-state index in [1.54, 1.807) is 21.3 Å². The lowest BCUT2D eigenvalue weighted by Crippen LogP contribution is -2.31. The predicted octanol–water partition coefficient (Wildman–Crippen LogP) is 2.95. The normalized spacial score (nSPS) is 16.8. The SMILES string of the molecule is COc1ccc2c(c1)C(c1c(OC)cccc1OC)NCC2. The first-order valence-corrected chi connectivity index (χ1v) is 7.39. The van der Waals surface area contributed by atoms with Gasteiger partial charge in [0.25, 0.3) is 0 Å². The average Bonchev–Trinajstić information content (AvgIpc) is 2.59. The molecule has 2 aromatic rings. The summed E-state index contributed by atoms with van der Waals surface area (Å²) in [7, 11) is 5.07. The Morgan fingerprint density at radius 1 is 0.955 bits per heavy atom. The second-order valence-corrected chi connectivity index (χ2v) is 5.28. The van der Waals surface area contributed by atoms with E-state index >= 15 is 0 Å². The zero-order valence-electron chi connectivity index (χ0n) is 13.2. The molecule has 0 saturated carbocycles. The van der Waals surface area contributed by atoms with E-state index in [4.69, 9.17) is 14.2 Å². The van der Waals surface area contributed by atoms with Crippen LogP contribution in [0.2, 0.25) is 0 Å². The summed E-state index contributed by atoms with van der Waals surface area (Å²) in [5.74, 6) is 2.52. The Morgan fingerprint density at radius 3 is 2.32 bits per heavy atom. The van der Waals surface area contributed by atoms with Gasteiger partial charge in [-0.1, -0.05) is 12.1 Å². The Kier molecular flexibility index (Phi) is 4.20. The van der Waals surface area contributed by atoms with E-state index in [0.29, 0.717) is 0 Å². The second-order valence-electron chi connectivity index (χ2n) is 5.28. The third kappa shape index (κ3) is 2.50. The van der Waals surface area contributed by atoms with E-state index in [1.165, 1.54) is 11.1 Å². The molecule has 0 bridgehead atoms. The number of fused-ring (bicyclic) bond motifs is 1. The van der Waals surface area contributed by atoms with Crippen LogP contribution in [0.4, 0.5) is 0 Å². The minimum atomic E-state index is 0.0324. The molecule has 22 heavy (non-hydrogen) atoms. The van der Waals surface area contributed by atoms with Gasteiger partial charge in [0.1, 0.15) is 17.2 Å². The molecule has 0 aromatic heterocycles. The molecule has 1 aliphatic heterocycles. The Hall–Kier alpha value is -2.20. The Bertz CT molecular complexity index is 647. The highest BCUT2D eigenvalue weighted by molar-refractivity contribution is 5.53. The van der Waals surface area contributed by atoms with Crippen molar-refractivity contribution in [1.29, 1.82) is 0 Å². The van der Waals surface area contributed by atoms with Crippen LogP contribution >= 0.6 is 0 Å². The maximum atomic E-state index is 5.56. The third-order valence-electron chi connectivity index (χ3n) is 4.16. The topological polar surface area (TPSA) is 39.7 Å². The Balaban J connectivity index is 2.15. The summed E-state index contributed by atoms with van der Waals surface area (Å²) in [5.41, 5.74) is 3.58. The van der Waals surface area contributed by atoms with Crippen molar-refractivity contribution < 1.29 is 14.2 Å². The van der Waals surface area contributed by atoms with E-state index in [1.807, 2.05) is 24.3 Å². The van der Waals surface area contributed by atoms with Gasteiger partial charge < -0.3 is 19.5 Å². The number of ether oxygens (including phenoxy) is 3. The van der Waals surface area contributed by atoms with Crippen LogP contribution in [0.3, 0.4) is 0 Å². The fourth-order valence-corrected chi connectivity index (χ4v) is 3.08. The lowest BCUT2D eigenvalue weighted by atomic mass is 9.88. The summed E-state index contributed by atoms with van der Waals surface area (Å²) < 4.78 is 16.5. The molecule has 0 radical (unpaired) electrons. The minimum Gasteiger partial charge on any atom is -0.497 e. The molecular formula is C18H21NO3. The van der Waals surface area contributed by atoms with Crippen LogP contribution in [0.25, 0.3) is 0 Å². The first kappa shape index (κ1) is 14.7. The second kappa shape index (κ2) is 6.28. The Morgan fingerprint density at radius 2 is 1.68 bits per heavy atom. The monoisotopic (exact) mass is 299 g/mol. The zero-order chi connectivity index (χ0) is 15.5. The highest BCUT2D eigenvalue weighted by Gasteiger charge is 2.27. The van der Waals surface area contributed by atoms with Gasteiger partial charge in [-0.15, -0.1) is 0 Å². The average molecular weight is 299 g/mol. The fourth-order valence-electron chi connectivity index (χ4n) is 3.08. The maximum Gasteiger partial charge on any atom is 0.127 e. The standard InChI is InChI=1S/C18H21NO3/c1-20-13-8-7-12-9-10-19-18(14(12)11-13)17-15(21-2)5-4-6-16(17)22-3/h4-8,11,18-19H,9-10H2,1-3H3. The summed E-state index contributed by atoms with van der Waals surface area (Å²) in [6.45, 7) is 0.922. The smallest absolute Gasteiger partial charge is 0.127 e. The van der Waals surface area contributed by atoms with Gasteiger partial charge in [0.15, 0.2) is 0 Å². The lowest BCUT2D eigenvalue weighted by molar-refractivity contribution is 0.374. The van der Waals surface area contributed by atoms with Crippen molar-refractivity contribution in [2.75, 3.05) is 27.9 Å². The molecule has 0 fully saturated rings. The summed E-state index contributed by atoms with van der Waals surface area (Å²) >= 11 is 0. The van der Waals surface area contributed by atoms with E-state index < -0.39 is 0 Å². The predicted molar refractivity (Wildman–Crippen MR) is 86.1 cm³/mol. The number of rotatable bonds is 4. The van der Waals surface area contributed by atoms with Crippen LogP contribution in [0.5, 0.6) is 17.2 Å². The van der Waals surface area contributed by atoms with Crippen LogP contribution < -0.4 is 19.5 Å². The molecular weight excluding hydrogens is 278 g/mol. The van der Waals surface area contributed by atoms with Gasteiger partial charge in [-0.3, -0.25) is 0 Å². The van der Waals surface area contributed by atoms with Gasteiger partial charge >= 0.3 is 0 Å². The fraction of sp³-hybridized carbons (Fsp3) is 0.333. The first-order chi connectivity index (χ1) is 10.8. The van der Waals surface area contributed by atoms with Crippen molar-refractivity contribution >= 4 is 0 Å². The molecule has 3 rings (SSSR count). The molecule has 1 aliphatic rings. The molecule has 2 aromatic carbocycles. The number of benzene rings is 2. The van der Waals surface area contributed by atoms with Gasteiger partial charge in [-0.2, -0.15) is 0 Å². The van der Waals surface area contributed by atoms with Crippen molar-refractivity contribution in [3.05, 3.63) is 53.1 Å². The van der Waals surface area contributed by atoms with Gasteiger partial charge in [0.05, 0.1) is 32.9 Å². The molecule has 116 valence electrons. The van der Waals surface area contributed by atoms with Crippen LogP contribution in [-0.4, -0.2) is 27.9 Å². The molecule has 0 saturated heterocycles. The van der Waals surface area contributed by atoms with Crippen LogP contribution in [0.1, 0.15) is 22.7 Å². The molecule has 1 unspecified atom stereocenters. The van der Waals surface area contributed by atoms with Crippen LogP contribution in [-0.2, 0) is 6.42 Å². The van der Waals surface area contributed by atoms with E-state index in [-0.39, 0.29) is 6.04 Å². The zero-order valence-corrected chi connectivity index (χ0v) is 13.2. The van der Waals surface area contributed by atoms with Gasteiger partial charge in [-0.05, 0) is 41.8 Å². The number of hydrogen-bond acceptors (Lipinski definition) is 4. The number of nitrogens with one attached hydrogen (secondary N) is 1. The molecule has 4 nitrogen and oxygen atoms in total. The molecule has 4 heteroatoms. The molecule has 0 aliphatic carbocycles. The van der Waals surface area contributed by atoms with Crippen LogP contribution in [0, 0.1) is 0 Å². The van der Waals surface area contributed by atoms with Crippen LogP contribution in [0.15, 0.2) is 36.4 Å². The molecule has 1 heterocycles. The Labute approximate surface area is 131 Å². The summed E-state index contributed by atoms with van der Waals surface area (Å²) in [5, 5.41) is 3.58. The minimum absolute atomic E-state index is 0.0324. The number of methoxy groups -OCH3 is 3. The highest BCUT2D eigenvalue weighted by Crippen LogP contribution is 2.40. The summed E-state index contributed by atoms with van der Waals surface area (Å²) in [6, 6.07) is 12.2. The van der Waals surface area contributed by atoms with Crippen molar-refractivity contribution in [3.8, 4) is 17.2 Å². The third-order valence-corrected chi connectivity index (χ3v) is 4.16. The van der Waals surface area contributed by atoms with Gasteiger partial charge in [-0.25, -0.2) is 0 Å². The summed E-state index contributed by atoms with van der Waals surface area (Å²) in [4.78, 5) is 0. The molecule has 0 spiro atoms. The highest BCUT2D eigenvalue weighted by atomic mass is 16.5. The van der Waals surface area contributed by atoms with Crippen molar-refractivity contribution in [2.24, 2.45) is 0 Å². The van der Waals surface area contributed by atoms with Crippen molar-refractivity contribution in [1.82, 2.24) is 5.32 Å². The van der Waals surface area contributed by atoms with Crippen molar-refractivity contribution in [2.45, 2.75) is 12.5 Å². The molecule has 1 atom stereocenters. The summed E-state index contributed by atoms with van der Waals surface area (Å²) in [6.07, 6.45) is 1.01. The van der Waals surface area contributed by atoms with E-state index in [2.05, 4.69) is 17.4 Å². The maximum absolute atomic E-state index is 5.56. The lowest BCUT2D eigenvalue weighted by Gasteiger charge is -2.29. The quantitative estimate of drug-likeness (QED) is 0.942. The van der Waals surface area contributed by atoms with Gasteiger partial charge in [0.2, 0.25) is 0 Å². The number of hydrogen-bond donors (Lipinski definition) is 1. The largest absolute Gasteiger partial charge is 0.497 e. The van der Waals surface area contributed by atoms with Crippen molar-refractivity contribution in [3.63, 3.8) is 0 Å². The van der Waals surface area contributed by atoms with Gasteiger partial charge in [0, 0.05) is 6.54 Å².